The maximum atomic E-state index is 10.9. The number of hydrogen-bond acceptors (Lipinski definition) is 3. The van der Waals surface area contributed by atoms with E-state index in [1.165, 1.54) is 0 Å². The number of rotatable bonds is 1. The first-order chi connectivity index (χ1) is 5.01. The molecule has 0 aromatic heterocycles. The summed E-state index contributed by atoms with van der Waals surface area (Å²) in [4.78, 5) is 10.9. The first kappa shape index (κ1) is 8.68. The first-order valence-corrected chi connectivity index (χ1v) is 3.89. The van der Waals surface area contributed by atoms with Gasteiger partial charge in [0.15, 0.2) is 0 Å². The fraction of sp³-hybridized carbons (Fsp3) is 0.875. The Labute approximate surface area is 67.1 Å². The van der Waals surface area contributed by atoms with E-state index in [0.717, 1.165) is 6.54 Å². The van der Waals surface area contributed by atoms with E-state index in [4.69, 9.17) is 4.74 Å². The quantitative estimate of drug-likeness (QED) is 0.596. The molecule has 0 aliphatic carbocycles. The van der Waals surface area contributed by atoms with Gasteiger partial charge in [-0.3, -0.25) is 4.79 Å². The molecular weight excluding hydrogens is 142 g/mol. The van der Waals surface area contributed by atoms with Crippen LogP contribution in [0.15, 0.2) is 0 Å². The van der Waals surface area contributed by atoms with Crippen LogP contribution in [0, 0.1) is 0 Å². The minimum absolute atomic E-state index is 0.0944. The van der Waals surface area contributed by atoms with Crippen molar-refractivity contribution in [2.24, 2.45) is 0 Å². The average Bonchev–Trinajstić information content (AvgIpc) is 1.86. The SMILES string of the molecule is CC(=O)C1COC(C)(C)CN1. The predicted molar refractivity (Wildman–Crippen MR) is 42.5 cm³/mol. The molecule has 1 rings (SSSR count). The van der Waals surface area contributed by atoms with Gasteiger partial charge in [-0.25, -0.2) is 0 Å². The molecule has 0 spiro atoms. The number of nitrogens with one attached hydrogen (secondary N) is 1. The Morgan fingerprint density at radius 1 is 1.64 bits per heavy atom. The summed E-state index contributed by atoms with van der Waals surface area (Å²) in [7, 11) is 0. The van der Waals surface area contributed by atoms with Crippen molar-refractivity contribution in [3.63, 3.8) is 0 Å². The molecule has 1 unspecified atom stereocenters. The lowest BCUT2D eigenvalue weighted by Gasteiger charge is -2.34. The number of carbonyl (C=O) groups excluding carboxylic acids is 1. The van der Waals surface area contributed by atoms with E-state index in [1.54, 1.807) is 6.92 Å². The molecule has 0 bridgehead atoms. The van der Waals surface area contributed by atoms with Crippen molar-refractivity contribution < 1.29 is 9.53 Å². The van der Waals surface area contributed by atoms with Gasteiger partial charge >= 0.3 is 0 Å². The smallest absolute Gasteiger partial charge is 0.149 e. The van der Waals surface area contributed by atoms with Crippen LogP contribution >= 0.6 is 0 Å². The number of hydrogen-bond donors (Lipinski definition) is 1. The van der Waals surface area contributed by atoms with Gasteiger partial charge < -0.3 is 10.1 Å². The zero-order chi connectivity index (χ0) is 8.48. The minimum atomic E-state index is -0.119. The number of carbonyl (C=O) groups is 1. The van der Waals surface area contributed by atoms with Gasteiger partial charge in [-0.1, -0.05) is 0 Å². The van der Waals surface area contributed by atoms with E-state index in [9.17, 15) is 4.79 Å². The van der Waals surface area contributed by atoms with Gasteiger partial charge in [-0.05, 0) is 20.8 Å². The first-order valence-electron chi connectivity index (χ1n) is 3.89. The van der Waals surface area contributed by atoms with E-state index in [2.05, 4.69) is 5.32 Å². The van der Waals surface area contributed by atoms with Gasteiger partial charge in [-0.2, -0.15) is 0 Å². The normalized spacial score (nSPS) is 29.9. The van der Waals surface area contributed by atoms with E-state index in [0.29, 0.717) is 6.61 Å². The van der Waals surface area contributed by atoms with E-state index < -0.39 is 0 Å². The van der Waals surface area contributed by atoms with Crippen LogP contribution in [0.3, 0.4) is 0 Å². The molecule has 0 amide bonds. The Kier molecular flexibility index (Phi) is 2.30. The monoisotopic (exact) mass is 157 g/mol. The van der Waals surface area contributed by atoms with Crippen molar-refractivity contribution >= 4 is 5.78 Å². The van der Waals surface area contributed by atoms with Crippen molar-refractivity contribution in [1.82, 2.24) is 5.32 Å². The molecule has 3 heteroatoms. The highest BCUT2D eigenvalue weighted by Crippen LogP contribution is 2.12. The molecule has 1 saturated heterocycles. The summed E-state index contributed by atoms with van der Waals surface area (Å²) in [5, 5.41) is 3.13. The third-order valence-corrected chi connectivity index (χ3v) is 1.91. The lowest BCUT2D eigenvalue weighted by atomic mass is 10.1. The Morgan fingerprint density at radius 2 is 2.27 bits per heavy atom. The molecule has 1 aliphatic heterocycles. The van der Waals surface area contributed by atoms with Crippen LogP contribution in [0.4, 0.5) is 0 Å². The van der Waals surface area contributed by atoms with Gasteiger partial charge in [0, 0.05) is 6.54 Å². The highest BCUT2D eigenvalue weighted by molar-refractivity contribution is 5.81. The number of ether oxygens (including phenoxy) is 1. The second-order valence-electron chi connectivity index (χ2n) is 3.61. The minimum Gasteiger partial charge on any atom is -0.372 e. The highest BCUT2D eigenvalue weighted by Gasteiger charge is 2.28. The molecule has 0 aromatic carbocycles. The standard InChI is InChI=1S/C8H15NO2/c1-6(10)7-4-11-8(2,3)5-9-7/h7,9H,4-5H2,1-3H3. The van der Waals surface area contributed by atoms with Gasteiger partial charge in [-0.15, -0.1) is 0 Å². The zero-order valence-electron chi connectivity index (χ0n) is 7.31. The summed E-state index contributed by atoms with van der Waals surface area (Å²) >= 11 is 0. The van der Waals surface area contributed by atoms with Crippen LogP contribution in [0.2, 0.25) is 0 Å². The van der Waals surface area contributed by atoms with Crippen LogP contribution < -0.4 is 5.32 Å². The molecule has 0 saturated carbocycles. The van der Waals surface area contributed by atoms with Gasteiger partial charge in [0.1, 0.15) is 5.78 Å². The summed E-state index contributed by atoms with van der Waals surface area (Å²) in [6.45, 7) is 6.85. The lowest BCUT2D eigenvalue weighted by molar-refractivity contribution is -0.126. The maximum Gasteiger partial charge on any atom is 0.149 e. The molecule has 1 fully saturated rings. The molecule has 64 valence electrons. The molecular formula is C8H15NO2. The van der Waals surface area contributed by atoms with Crippen molar-refractivity contribution in [2.45, 2.75) is 32.4 Å². The molecule has 0 aromatic rings. The summed E-state index contributed by atoms with van der Waals surface area (Å²) < 4.78 is 5.46. The Hall–Kier alpha value is -0.410. The topological polar surface area (TPSA) is 38.3 Å². The Morgan fingerprint density at radius 3 is 2.64 bits per heavy atom. The van der Waals surface area contributed by atoms with Crippen LogP contribution in [0.1, 0.15) is 20.8 Å². The highest BCUT2D eigenvalue weighted by atomic mass is 16.5. The molecule has 11 heavy (non-hydrogen) atoms. The van der Waals surface area contributed by atoms with Crippen molar-refractivity contribution in [1.29, 1.82) is 0 Å². The van der Waals surface area contributed by atoms with Crippen LogP contribution in [0.5, 0.6) is 0 Å². The second-order valence-corrected chi connectivity index (χ2v) is 3.61. The van der Waals surface area contributed by atoms with Gasteiger partial charge in [0.05, 0.1) is 18.2 Å². The van der Waals surface area contributed by atoms with Crippen LogP contribution in [0.25, 0.3) is 0 Å². The van der Waals surface area contributed by atoms with Gasteiger partial charge in [0.2, 0.25) is 0 Å². The number of morpholine rings is 1. The maximum absolute atomic E-state index is 10.9. The molecule has 1 heterocycles. The second kappa shape index (κ2) is 2.91. The van der Waals surface area contributed by atoms with Crippen LogP contribution in [-0.2, 0) is 9.53 Å². The molecule has 1 aliphatic rings. The third-order valence-electron chi connectivity index (χ3n) is 1.91. The third kappa shape index (κ3) is 2.27. The molecule has 3 nitrogen and oxygen atoms in total. The predicted octanol–water partition coefficient (Wildman–Crippen LogP) is 0.342. The lowest BCUT2D eigenvalue weighted by Crippen LogP contribution is -2.53. The van der Waals surface area contributed by atoms with Gasteiger partial charge in [0.25, 0.3) is 0 Å². The van der Waals surface area contributed by atoms with Crippen molar-refractivity contribution in [3.05, 3.63) is 0 Å². The van der Waals surface area contributed by atoms with E-state index in [-0.39, 0.29) is 17.4 Å². The summed E-state index contributed by atoms with van der Waals surface area (Å²) in [6, 6.07) is -0.0944. The van der Waals surface area contributed by atoms with E-state index >= 15 is 0 Å². The average molecular weight is 157 g/mol. The number of ketones is 1. The zero-order valence-corrected chi connectivity index (χ0v) is 7.31. The Balaban J connectivity index is 2.42. The summed E-state index contributed by atoms with van der Waals surface area (Å²) in [5.41, 5.74) is -0.119. The fourth-order valence-electron chi connectivity index (χ4n) is 1.05. The summed E-state index contributed by atoms with van der Waals surface area (Å²) in [5.74, 6) is 0.153. The van der Waals surface area contributed by atoms with Crippen molar-refractivity contribution in [2.75, 3.05) is 13.2 Å². The fourth-order valence-corrected chi connectivity index (χ4v) is 1.05. The largest absolute Gasteiger partial charge is 0.372 e. The molecule has 1 N–H and O–H groups in total. The van der Waals surface area contributed by atoms with Crippen molar-refractivity contribution in [3.8, 4) is 0 Å². The van der Waals surface area contributed by atoms with Crippen LogP contribution in [-0.4, -0.2) is 30.6 Å². The van der Waals surface area contributed by atoms with E-state index in [1.807, 2.05) is 13.8 Å². The molecule has 0 radical (unpaired) electrons. The summed E-state index contributed by atoms with van der Waals surface area (Å²) in [6.07, 6.45) is 0. The Bertz CT molecular complexity index is 155. The molecule has 1 atom stereocenters. The number of Topliss-reactive ketones (excluding diaryl/α,β-unsaturated/α-hetero) is 1.